The molecule has 1 aromatic carbocycles. The van der Waals surface area contributed by atoms with Crippen molar-refractivity contribution in [2.45, 2.75) is 0 Å². The number of fused-ring (bicyclic) bond motifs is 1. The number of aromatic carboxylic acids is 1. The second-order valence-corrected chi connectivity index (χ2v) is 4.57. The first kappa shape index (κ1) is 13.3. The zero-order valence-corrected chi connectivity index (χ0v) is 11.7. The van der Waals surface area contributed by atoms with Gasteiger partial charge in [0.2, 0.25) is 5.28 Å². The van der Waals surface area contributed by atoms with Gasteiger partial charge in [0.15, 0.2) is 17.0 Å². The van der Waals surface area contributed by atoms with Crippen LogP contribution in [0.15, 0.2) is 30.6 Å². The van der Waals surface area contributed by atoms with Gasteiger partial charge in [0.1, 0.15) is 6.33 Å². The third-order valence-corrected chi connectivity index (χ3v) is 3.15. The summed E-state index contributed by atoms with van der Waals surface area (Å²) in [4.78, 5) is 23.5. The molecule has 2 heterocycles. The summed E-state index contributed by atoms with van der Waals surface area (Å²) in [6.45, 7) is 0. The van der Waals surface area contributed by atoms with Gasteiger partial charge in [-0.25, -0.2) is 9.78 Å². The molecule has 0 spiro atoms. The molecular formula is C13H10ClN5O2. The third kappa shape index (κ3) is 2.27. The lowest BCUT2D eigenvalue weighted by Crippen LogP contribution is -2.01. The molecule has 106 valence electrons. The van der Waals surface area contributed by atoms with Crippen molar-refractivity contribution < 1.29 is 9.90 Å². The molecular weight excluding hydrogens is 294 g/mol. The third-order valence-electron chi connectivity index (χ3n) is 2.98. The Morgan fingerprint density at radius 1 is 1.38 bits per heavy atom. The Morgan fingerprint density at radius 2 is 2.19 bits per heavy atom. The van der Waals surface area contributed by atoms with E-state index in [2.05, 4.69) is 20.3 Å². The van der Waals surface area contributed by atoms with Crippen LogP contribution >= 0.6 is 11.6 Å². The zero-order chi connectivity index (χ0) is 15.0. The van der Waals surface area contributed by atoms with Crippen LogP contribution < -0.4 is 5.32 Å². The molecule has 0 aliphatic carbocycles. The van der Waals surface area contributed by atoms with Gasteiger partial charge < -0.3 is 10.4 Å². The lowest BCUT2D eigenvalue weighted by Gasteiger charge is -2.06. The SMILES string of the molecule is CNc1nc(Cl)nc2c1ncn2-c1cccc(C(=O)O)c1. The molecule has 0 saturated heterocycles. The van der Waals surface area contributed by atoms with Crippen molar-refractivity contribution in [1.82, 2.24) is 19.5 Å². The average molecular weight is 304 g/mol. The van der Waals surface area contributed by atoms with Gasteiger partial charge in [0.05, 0.1) is 5.56 Å². The fourth-order valence-electron chi connectivity index (χ4n) is 2.03. The second-order valence-electron chi connectivity index (χ2n) is 4.23. The summed E-state index contributed by atoms with van der Waals surface area (Å²) in [7, 11) is 1.71. The summed E-state index contributed by atoms with van der Waals surface area (Å²) >= 11 is 5.90. The number of nitrogens with zero attached hydrogens (tertiary/aromatic N) is 4. The smallest absolute Gasteiger partial charge is 0.335 e. The predicted molar refractivity (Wildman–Crippen MR) is 78.2 cm³/mol. The Balaban J connectivity index is 2.24. The molecule has 0 bridgehead atoms. The number of carboxylic acids is 1. The monoisotopic (exact) mass is 303 g/mol. The summed E-state index contributed by atoms with van der Waals surface area (Å²) in [5.41, 5.74) is 1.88. The van der Waals surface area contributed by atoms with Crippen molar-refractivity contribution in [1.29, 1.82) is 0 Å². The Hall–Kier alpha value is -2.67. The number of nitrogens with one attached hydrogen (secondary N) is 1. The highest BCUT2D eigenvalue weighted by Crippen LogP contribution is 2.23. The number of imidazole rings is 1. The van der Waals surface area contributed by atoms with Crippen molar-refractivity contribution >= 4 is 34.6 Å². The van der Waals surface area contributed by atoms with Crippen molar-refractivity contribution in [3.8, 4) is 5.69 Å². The summed E-state index contributed by atoms with van der Waals surface area (Å²) in [6.07, 6.45) is 1.55. The van der Waals surface area contributed by atoms with Gasteiger partial charge in [-0.3, -0.25) is 4.57 Å². The summed E-state index contributed by atoms with van der Waals surface area (Å²) in [5.74, 6) is -0.483. The molecule has 0 radical (unpaired) electrons. The Kier molecular flexibility index (Phi) is 3.19. The first-order valence-electron chi connectivity index (χ1n) is 6.02. The van der Waals surface area contributed by atoms with Gasteiger partial charge in [-0.2, -0.15) is 9.97 Å². The first-order valence-corrected chi connectivity index (χ1v) is 6.40. The van der Waals surface area contributed by atoms with Gasteiger partial charge in [-0.1, -0.05) is 6.07 Å². The van der Waals surface area contributed by atoms with E-state index in [0.29, 0.717) is 22.7 Å². The lowest BCUT2D eigenvalue weighted by molar-refractivity contribution is 0.0697. The molecule has 0 fully saturated rings. The number of hydrogen-bond acceptors (Lipinski definition) is 5. The van der Waals surface area contributed by atoms with Gasteiger partial charge in [-0.05, 0) is 29.8 Å². The molecule has 0 aliphatic heterocycles. The van der Waals surface area contributed by atoms with Gasteiger partial charge in [-0.15, -0.1) is 0 Å². The topological polar surface area (TPSA) is 92.9 Å². The maximum atomic E-state index is 11.1. The minimum Gasteiger partial charge on any atom is -0.478 e. The highest BCUT2D eigenvalue weighted by atomic mass is 35.5. The number of carbonyl (C=O) groups is 1. The Morgan fingerprint density at radius 3 is 2.90 bits per heavy atom. The lowest BCUT2D eigenvalue weighted by atomic mass is 10.2. The van der Waals surface area contributed by atoms with E-state index in [1.807, 2.05) is 0 Å². The van der Waals surface area contributed by atoms with E-state index < -0.39 is 5.97 Å². The fourth-order valence-corrected chi connectivity index (χ4v) is 2.19. The number of rotatable bonds is 3. The zero-order valence-electron chi connectivity index (χ0n) is 10.9. The molecule has 0 atom stereocenters. The maximum absolute atomic E-state index is 11.1. The molecule has 7 nitrogen and oxygen atoms in total. The number of benzene rings is 1. The normalized spacial score (nSPS) is 10.8. The maximum Gasteiger partial charge on any atom is 0.335 e. The van der Waals surface area contributed by atoms with E-state index in [1.54, 1.807) is 36.1 Å². The van der Waals surface area contributed by atoms with Crippen LogP contribution in [0, 0.1) is 0 Å². The van der Waals surface area contributed by atoms with E-state index in [-0.39, 0.29) is 10.8 Å². The molecule has 3 aromatic rings. The molecule has 8 heteroatoms. The number of aromatic nitrogens is 4. The van der Waals surface area contributed by atoms with Crippen molar-refractivity contribution in [3.63, 3.8) is 0 Å². The van der Waals surface area contributed by atoms with Crippen molar-refractivity contribution in [3.05, 3.63) is 41.4 Å². The van der Waals surface area contributed by atoms with Crippen molar-refractivity contribution in [2.24, 2.45) is 0 Å². The second kappa shape index (κ2) is 5.02. The van der Waals surface area contributed by atoms with E-state index in [1.165, 1.54) is 6.07 Å². The number of hydrogen-bond donors (Lipinski definition) is 2. The summed E-state index contributed by atoms with van der Waals surface area (Å²) in [5, 5.41) is 12.1. The van der Waals surface area contributed by atoms with E-state index >= 15 is 0 Å². The minimum atomic E-state index is -0.996. The fraction of sp³-hybridized carbons (Fsp3) is 0.0769. The van der Waals surface area contributed by atoms with E-state index in [0.717, 1.165) is 0 Å². The quantitative estimate of drug-likeness (QED) is 0.721. The van der Waals surface area contributed by atoms with E-state index in [9.17, 15) is 4.79 Å². The molecule has 3 rings (SSSR count). The summed E-state index contributed by atoms with van der Waals surface area (Å²) in [6, 6.07) is 6.49. The van der Waals surface area contributed by atoms with Crippen LogP contribution in [-0.2, 0) is 0 Å². The standard InChI is InChI=1S/C13H10ClN5O2/c1-15-10-9-11(18-13(14)17-10)19(6-16-9)8-4-2-3-7(5-8)12(20)21/h2-6H,1H3,(H,20,21)(H,15,17,18). The van der Waals surface area contributed by atoms with Crippen molar-refractivity contribution in [2.75, 3.05) is 12.4 Å². The number of halogens is 1. The number of anilines is 1. The Labute approximate surface area is 124 Å². The molecule has 0 saturated carbocycles. The van der Waals surface area contributed by atoms with Gasteiger partial charge in [0.25, 0.3) is 0 Å². The minimum absolute atomic E-state index is 0.0861. The van der Waals surface area contributed by atoms with Crippen LogP contribution in [0.1, 0.15) is 10.4 Å². The molecule has 0 amide bonds. The highest BCUT2D eigenvalue weighted by Gasteiger charge is 2.13. The average Bonchev–Trinajstić information content (AvgIpc) is 2.90. The predicted octanol–water partition coefficient (Wildman–Crippen LogP) is 2.21. The van der Waals surface area contributed by atoms with Crippen LogP contribution in [0.25, 0.3) is 16.9 Å². The first-order chi connectivity index (χ1) is 10.1. The molecule has 21 heavy (non-hydrogen) atoms. The van der Waals surface area contributed by atoms with Crippen LogP contribution in [-0.4, -0.2) is 37.6 Å². The summed E-state index contributed by atoms with van der Waals surface area (Å²) < 4.78 is 1.66. The van der Waals surface area contributed by atoms with Crippen LogP contribution in [0.3, 0.4) is 0 Å². The molecule has 0 unspecified atom stereocenters. The van der Waals surface area contributed by atoms with E-state index in [4.69, 9.17) is 16.7 Å². The van der Waals surface area contributed by atoms with Gasteiger partial charge >= 0.3 is 5.97 Å². The van der Waals surface area contributed by atoms with Crippen LogP contribution in [0.5, 0.6) is 0 Å². The number of carboxylic acid groups (broad SMARTS) is 1. The molecule has 2 aromatic heterocycles. The molecule has 0 aliphatic rings. The highest BCUT2D eigenvalue weighted by molar-refractivity contribution is 6.28. The van der Waals surface area contributed by atoms with Gasteiger partial charge in [0, 0.05) is 12.7 Å². The van der Waals surface area contributed by atoms with Crippen LogP contribution in [0.4, 0.5) is 5.82 Å². The largest absolute Gasteiger partial charge is 0.478 e. The Bertz CT molecular complexity index is 846. The molecule has 2 N–H and O–H groups in total. The van der Waals surface area contributed by atoms with Crippen LogP contribution in [0.2, 0.25) is 5.28 Å².